The molecule has 0 aliphatic rings. The molecule has 0 saturated heterocycles. The van der Waals surface area contributed by atoms with Crippen molar-refractivity contribution in [3.63, 3.8) is 0 Å². The number of hydrogen-bond acceptors (Lipinski definition) is 4. The van der Waals surface area contributed by atoms with Gasteiger partial charge in [0.25, 0.3) is 0 Å². The number of hydrogen-bond donors (Lipinski definition) is 1. The van der Waals surface area contributed by atoms with E-state index in [0.717, 1.165) is 5.75 Å². The third kappa shape index (κ3) is 6.88. The molecule has 2 aromatic rings. The number of ether oxygens (including phenoxy) is 1. The molecular weight excluding hydrogens is 338 g/mol. The largest absolute Gasteiger partial charge is 0.494 e. The van der Waals surface area contributed by atoms with Crippen LogP contribution in [-0.4, -0.2) is 28.2 Å². The monoisotopic (exact) mass is 355 g/mol. The van der Waals surface area contributed by atoms with E-state index < -0.39 is 10.8 Å². The molecule has 0 saturated carbocycles. The molecule has 0 spiro atoms. The molecule has 1 aromatic carbocycles. The molecule has 5 nitrogen and oxygen atoms in total. The first-order valence-corrected chi connectivity index (χ1v) is 9.02. The summed E-state index contributed by atoms with van der Waals surface area (Å²) < 4.78 is 22.4. The number of nitrogens with one attached hydrogen (secondary N) is 1. The fourth-order valence-corrected chi connectivity index (χ4v) is 2.91. The summed E-state index contributed by atoms with van der Waals surface area (Å²) >= 11 is 5.78. The van der Waals surface area contributed by atoms with Crippen LogP contribution < -0.4 is 10.1 Å². The number of carbonyl (C=O) groups is 1. The van der Waals surface area contributed by atoms with Gasteiger partial charge in [0.2, 0.25) is 5.91 Å². The van der Waals surface area contributed by atoms with E-state index in [1.807, 2.05) is 0 Å². The van der Waals surface area contributed by atoms with E-state index in [1.165, 1.54) is 0 Å². The van der Waals surface area contributed by atoms with Crippen molar-refractivity contribution in [3.8, 4) is 5.75 Å². The lowest BCUT2D eigenvalue weighted by Gasteiger charge is -2.06. The van der Waals surface area contributed by atoms with Crippen LogP contribution in [0.5, 0.6) is 5.75 Å². The molecule has 23 heavy (non-hydrogen) atoms. The number of benzene rings is 1. The second-order valence-corrected chi connectivity index (χ2v) is 6.81. The topological polar surface area (TPSA) is 68.5 Å². The first-order valence-electron chi connectivity index (χ1n) is 7.16. The van der Waals surface area contributed by atoms with Crippen LogP contribution >= 0.6 is 11.6 Å². The van der Waals surface area contributed by atoms with E-state index in [1.54, 1.807) is 42.7 Å². The lowest BCUT2D eigenvalue weighted by molar-refractivity contribution is -0.118. The SMILES string of the molecule is O=C(CS(=O)CCCOc1ccc(Cl)cc1)NCc1ccco1. The standard InChI is InChI=1S/C16H18ClNO4S/c17-13-4-6-14(7-5-13)21-9-2-10-23(20)12-16(19)18-11-15-3-1-8-22-15/h1,3-8H,2,9-12H2,(H,18,19). The van der Waals surface area contributed by atoms with Crippen LogP contribution in [0, 0.1) is 0 Å². The second-order valence-electron chi connectivity index (χ2n) is 4.80. The highest BCUT2D eigenvalue weighted by atomic mass is 35.5. The summed E-state index contributed by atoms with van der Waals surface area (Å²) in [5, 5.41) is 3.32. The van der Waals surface area contributed by atoms with Crippen molar-refractivity contribution in [2.24, 2.45) is 0 Å². The Kier molecular flexibility index (Phi) is 7.16. The van der Waals surface area contributed by atoms with Crippen molar-refractivity contribution < 1.29 is 18.2 Å². The van der Waals surface area contributed by atoms with Crippen LogP contribution in [0.4, 0.5) is 0 Å². The lowest BCUT2D eigenvalue weighted by Crippen LogP contribution is -2.28. The molecule has 0 fully saturated rings. The Hall–Kier alpha value is -1.79. The van der Waals surface area contributed by atoms with Gasteiger partial charge in [-0.2, -0.15) is 0 Å². The van der Waals surface area contributed by atoms with Crippen LogP contribution in [-0.2, 0) is 22.1 Å². The van der Waals surface area contributed by atoms with Gasteiger partial charge in [-0.15, -0.1) is 0 Å². The average Bonchev–Trinajstić information content (AvgIpc) is 3.05. The molecule has 0 bridgehead atoms. The van der Waals surface area contributed by atoms with Crippen molar-refractivity contribution >= 4 is 28.3 Å². The first kappa shape index (κ1) is 17.6. The highest BCUT2D eigenvalue weighted by Gasteiger charge is 2.08. The number of rotatable bonds is 9. The zero-order chi connectivity index (χ0) is 16.5. The van der Waals surface area contributed by atoms with Crippen LogP contribution in [0.3, 0.4) is 0 Å². The van der Waals surface area contributed by atoms with Crippen molar-refractivity contribution in [2.75, 3.05) is 18.1 Å². The Balaban J connectivity index is 1.57. The molecular formula is C16H18ClNO4S. The van der Waals surface area contributed by atoms with E-state index in [2.05, 4.69) is 5.32 Å². The van der Waals surface area contributed by atoms with Gasteiger partial charge in [0.05, 0.1) is 19.4 Å². The van der Waals surface area contributed by atoms with E-state index in [9.17, 15) is 9.00 Å². The van der Waals surface area contributed by atoms with Gasteiger partial charge in [-0.1, -0.05) is 11.6 Å². The summed E-state index contributed by atoms with van der Waals surface area (Å²) in [5.41, 5.74) is 0. The van der Waals surface area contributed by atoms with Crippen LogP contribution in [0.25, 0.3) is 0 Å². The smallest absolute Gasteiger partial charge is 0.232 e. The summed E-state index contributed by atoms with van der Waals surface area (Å²) in [7, 11) is -1.20. The zero-order valence-electron chi connectivity index (χ0n) is 12.5. The van der Waals surface area contributed by atoms with Crippen LogP contribution in [0.2, 0.25) is 5.02 Å². The minimum absolute atomic E-state index is 0.0122. The molecule has 0 radical (unpaired) electrons. The third-order valence-electron chi connectivity index (χ3n) is 2.93. The number of halogens is 1. The molecule has 1 aromatic heterocycles. The fourth-order valence-electron chi connectivity index (χ4n) is 1.81. The van der Waals surface area contributed by atoms with Crippen molar-refractivity contribution in [2.45, 2.75) is 13.0 Å². The third-order valence-corrected chi connectivity index (χ3v) is 4.51. The number of carbonyl (C=O) groups excluding carboxylic acids is 1. The molecule has 1 unspecified atom stereocenters. The highest BCUT2D eigenvalue weighted by molar-refractivity contribution is 7.85. The minimum Gasteiger partial charge on any atom is -0.494 e. The summed E-state index contributed by atoms with van der Waals surface area (Å²) in [5.74, 6) is 1.54. The molecule has 1 atom stereocenters. The fraction of sp³-hybridized carbons (Fsp3) is 0.312. The normalized spacial score (nSPS) is 11.9. The Morgan fingerprint density at radius 2 is 2.04 bits per heavy atom. The Labute approximate surface area is 142 Å². The van der Waals surface area contributed by atoms with Crippen molar-refractivity contribution in [3.05, 3.63) is 53.4 Å². The van der Waals surface area contributed by atoms with Crippen molar-refractivity contribution in [1.29, 1.82) is 0 Å². The van der Waals surface area contributed by atoms with Gasteiger partial charge >= 0.3 is 0 Å². The summed E-state index contributed by atoms with van der Waals surface area (Å²) in [6, 6.07) is 10.6. The Bertz CT molecular complexity index is 628. The quantitative estimate of drug-likeness (QED) is 0.702. The maximum atomic E-state index is 11.8. The summed E-state index contributed by atoms with van der Waals surface area (Å²) in [6.07, 6.45) is 2.15. The predicted octanol–water partition coefficient (Wildman–Crippen LogP) is 2.77. The Morgan fingerprint density at radius 1 is 1.26 bits per heavy atom. The van der Waals surface area contributed by atoms with Gasteiger partial charge in [0.15, 0.2) is 0 Å². The second kappa shape index (κ2) is 9.37. The van der Waals surface area contributed by atoms with Gasteiger partial charge < -0.3 is 14.5 Å². The van der Waals surface area contributed by atoms with E-state index >= 15 is 0 Å². The molecule has 2 rings (SSSR count). The summed E-state index contributed by atoms with van der Waals surface area (Å²) in [4.78, 5) is 11.6. The van der Waals surface area contributed by atoms with Gasteiger partial charge in [0, 0.05) is 21.6 Å². The molecule has 124 valence electrons. The van der Waals surface area contributed by atoms with Crippen molar-refractivity contribution in [1.82, 2.24) is 5.32 Å². The lowest BCUT2D eigenvalue weighted by atomic mass is 10.3. The molecule has 1 heterocycles. The molecule has 1 amide bonds. The minimum atomic E-state index is -1.20. The maximum Gasteiger partial charge on any atom is 0.232 e. The summed E-state index contributed by atoms with van der Waals surface area (Å²) in [6.45, 7) is 0.754. The van der Waals surface area contributed by atoms with Gasteiger partial charge in [0.1, 0.15) is 17.3 Å². The van der Waals surface area contributed by atoms with Gasteiger partial charge in [-0.05, 0) is 42.8 Å². The van der Waals surface area contributed by atoms with E-state index in [-0.39, 0.29) is 11.7 Å². The maximum absolute atomic E-state index is 11.8. The number of furan rings is 1. The van der Waals surface area contributed by atoms with Gasteiger partial charge in [-0.25, -0.2) is 0 Å². The predicted molar refractivity (Wildman–Crippen MR) is 90.0 cm³/mol. The average molecular weight is 356 g/mol. The van der Waals surface area contributed by atoms with E-state index in [0.29, 0.717) is 36.1 Å². The molecule has 7 heteroatoms. The van der Waals surface area contributed by atoms with Crippen LogP contribution in [0.1, 0.15) is 12.2 Å². The first-order chi connectivity index (χ1) is 11.1. The number of amides is 1. The van der Waals surface area contributed by atoms with Gasteiger partial charge in [-0.3, -0.25) is 9.00 Å². The zero-order valence-corrected chi connectivity index (χ0v) is 14.1. The molecule has 1 N–H and O–H groups in total. The van der Waals surface area contributed by atoms with E-state index in [4.69, 9.17) is 20.8 Å². The van der Waals surface area contributed by atoms with Crippen LogP contribution in [0.15, 0.2) is 47.1 Å². The Morgan fingerprint density at radius 3 is 2.74 bits per heavy atom. The highest BCUT2D eigenvalue weighted by Crippen LogP contribution is 2.15. The molecule has 0 aliphatic carbocycles. The molecule has 0 aliphatic heterocycles.